The molecule has 0 bridgehead atoms. The molecular weight excluding hydrogens is 352 g/mol. The number of hydrogen-bond acceptors (Lipinski definition) is 3. The molecule has 152 valence electrons. The molecule has 0 aliphatic carbocycles. The minimum atomic E-state index is 0.0619. The number of carbonyl (C=O) groups is 1. The summed E-state index contributed by atoms with van der Waals surface area (Å²) in [5.41, 5.74) is 2.43. The van der Waals surface area contributed by atoms with E-state index in [4.69, 9.17) is 4.74 Å². The Morgan fingerprint density at radius 1 is 1.25 bits per heavy atom. The van der Waals surface area contributed by atoms with Crippen molar-refractivity contribution >= 4 is 6.03 Å². The summed E-state index contributed by atoms with van der Waals surface area (Å²) in [5, 5.41) is 3.06. The zero-order valence-electron chi connectivity index (χ0n) is 17.1. The Labute approximate surface area is 167 Å². The molecule has 6 nitrogen and oxygen atoms in total. The molecule has 1 saturated heterocycles. The van der Waals surface area contributed by atoms with Crippen molar-refractivity contribution in [3.63, 3.8) is 0 Å². The first-order valence-corrected chi connectivity index (χ1v) is 10.2. The molecule has 0 unspecified atom stereocenters. The molecule has 28 heavy (non-hydrogen) atoms. The van der Waals surface area contributed by atoms with Crippen LogP contribution in [-0.2, 0) is 24.1 Å². The van der Waals surface area contributed by atoms with Crippen molar-refractivity contribution in [3.8, 4) is 0 Å². The molecular formula is C22H32N4O2. The van der Waals surface area contributed by atoms with Gasteiger partial charge in [-0.2, -0.15) is 0 Å². The maximum absolute atomic E-state index is 12.4. The van der Waals surface area contributed by atoms with Gasteiger partial charge in [0, 0.05) is 51.6 Å². The molecule has 1 aliphatic heterocycles. The fraction of sp³-hybridized carbons (Fsp3) is 0.545. The topological polar surface area (TPSA) is 59.4 Å². The van der Waals surface area contributed by atoms with E-state index in [2.05, 4.69) is 33.9 Å². The van der Waals surface area contributed by atoms with Gasteiger partial charge >= 0.3 is 6.03 Å². The van der Waals surface area contributed by atoms with E-state index < -0.39 is 0 Å². The van der Waals surface area contributed by atoms with E-state index in [9.17, 15) is 4.79 Å². The fourth-order valence-corrected chi connectivity index (χ4v) is 3.83. The van der Waals surface area contributed by atoms with Crippen molar-refractivity contribution < 1.29 is 9.53 Å². The summed E-state index contributed by atoms with van der Waals surface area (Å²) in [6, 6.07) is 10.3. The lowest BCUT2D eigenvalue weighted by Crippen LogP contribution is -2.45. The standard InChI is InChI=1S/C22H32N4O2/c1-18-17-24-21(26(18)14-15-28-2)16-20-9-12-25(13-10-20)22(27)23-11-8-19-6-4-3-5-7-19/h3-7,17,20H,8-16H2,1-2H3,(H,23,27). The van der Waals surface area contributed by atoms with Gasteiger partial charge in [-0.3, -0.25) is 0 Å². The second-order valence-electron chi connectivity index (χ2n) is 7.56. The quantitative estimate of drug-likeness (QED) is 0.761. The van der Waals surface area contributed by atoms with Crippen LogP contribution in [0.25, 0.3) is 0 Å². The van der Waals surface area contributed by atoms with E-state index in [0.29, 0.717) is 19.1 Å². The average Bonchev–Trinajstić information content (AvgIpc) is 3.07. The number of benzene rings is 1. The smallest absolute Gasteiger partial charge is 0.317 e. The molecule has 1 N–H and O–H groups in total. The Balaban J connectivity index is 1.41. The Morgan fingerprint density at radius 3 is 2.71 bits per heavy atom. The minimum Gasteiger partial charge on any atom is -0.383 e. The molecule has 6 heteroatoms. The molecule has 0 saturated carbocycles. The second kappa shape index (κ2) is 10.3. The van der Waals surface area contributed by atoms with Crippen LogP contribution >= 0.6 is 0 Å². The van der Waals surface area contributed by atoms with Crippen LogP contribution in [-0.4, -0.2) is 53.8 Å². The highest BCUT2D eigenvalue weighted by molar-refractivity contribution is 5.74. The number of ether oxygens (including phenoxy) is 1. The van der Waals surface area contributed by atoms with Crippen LogP contribution in [0.5, 0.6) is 0 Å². The summed E-state index contributed by atoms with van der Waals surface area (Å²) in [7, 11) is 1.73. The zero-order chi connectivity index (χ0) is 19.8. The lowest BCUT2D eigenvalue weighted by molar-refractivity contribution is 0.168. The van der Waals surface area contributed by atoms with E-state index in [1.807, 2.05) is 29.3 Å². The van der Waals surface area contributed by atoms with Crippen LogP contribution in [0, 0.1) is 12.8 Å². The monoisotopic (exact) mass is 384 g/mol. The summed E-state index contributed by atoms with van der Waals surface area (Å²) < 4.78 is 7.47. The van der Waals surface area contributed by atoms with Gasteiger partial charge in [0.15, 0.2) is 0 Å². The maximum Gasteiger partial charge on any atom is 0.317 e. The van der Waals surface area contributed by atoms with E-state index in [1.165, 1.54) is 11.3 Å². The number of likely N-dealkylation sites (tertiary alicyclic amines) is 1. The number of nitrogens with one attached hydrogen (secondary N) is 1. The van der Waals surface area contributed by atoms with Crippen molar-refractivity contribution in [2.24, 2.45) is 5.92 Å². The van der Waals surface area contributed by atoms with Crippen molar-refractivity contribution in [1.29, 1.82) is 0 Å². The molecule has 2 amide bonds. The fourth-order valence-electron chi connectivity index (χ4n) is 3.83. The highest BCUT2D eigenvalue weighted by Crippen LogP contribution is 2.22. The number of nitrogens with zero attached hydrogens (tertiary/aromatic N) is 3. The molecule has 0 spiro atoms. The van der Waals surface area contributed by atoms with Crippen LogP contribution in [0.2, 0.25) is 0 Å². The highest BCUT2D eigenvalue weighted by Gasteiger charge is 2.24. The molecule has 1 aromatic carbocycles. The molecule has 2 aromatic rings. The van der Waals surface area contributed by atoms with Gasteiger partial charge in [-0.25, -0.2) is 9.78 Å². The third-order valence-corrected chi connectivity index (χ3v) is 5.56. The van der Waals surface area contributed by atoms with Gasteiger partial charge in [0.2, 0.25) is 0 Å². The van der Waals surface area contributed by atoms with E-state index in [1.54, 1.807) is 7.11 Å². The number of aryl methyl sites for hydroxylation is 1. The minimum absolute atomic E-state index is 0.0619. The summed E-state index contributed by atoms with van der Waals surface area (Å²) in [4.78, 5) is 19.0. The number of urea groups is 1. The number of aromatic nitrogens is 2. The van der Waals surface area contributed by atoms with E-state index in [0.717, 1.165) is 51.1 Å². The van der Waals surface area contributed by atoms with Crippen molar-refractivity contribution in [1.82, 2.24) is 19.8 Å². The van der Waals surface area contributed by atoms with Gasteiger partial charge in [0.05, 0.1) is 6.61 Å². The molecule has 1 fully saturated rings. The number of imidazole rings is 1. The van der Waals surface area contributed by atoms with Crippen LogP contribution < -0.4 is 5.32 Å². The second-order valence-corrected chi connectivity index (χ2v) is 7.56. The third kappa shape index (κ3) is 5.58. The summed E-state index contributed by atoms with van der Waals surface area (Å²) in [6.45, 7) is 5.96. The van der Waals surface area contributed by atoms with E-state index >= 15 is 0 Å². The first-order chi connectivity index (χ1) is 13.7. The Hall–Kier alpha value is -2.34. The largest absolute Gasteiger partial charge is 0.383 e. The summed E-state index contributed by atoms with van der Waals surface area (Å²) in [5.74, 6) is 1.72. The lowest BCUT2D eigenvalue weighted by Gasteiger charge is -2.32. The van der Waals surface area contributed by atoms with Crippen molar-refractivity contribution in [2.45, 2.75) is 39.2 Å². The third-order valence-electron chi connectivity index (χ3n) is 5.56. The molecule has 1 aromatic heterocycles. The predicted molar refractivity (Wildman–Crippen MR) is 110 cm³/mol. The Morgan fingerprint density at radius 2 is 2.00 bits per heavy atom. The summed E-state index contributed by atoms with van der Waals surface area (Å²) in [6.07, 6.45) is 5.85. The molecule has 0 radical (unpaired) electrons. The van der Waals surface area contributed by atoms with Gasteiger partial charge in [-0.15, -0.1) is 0 Å². The highest BCUT2D eigenvalue weighted by atomic mass is 16.5. The van der Waals surface area contributed by atoms with Crippen molar-refractivity contribution in [2.75, 3.05) is 33.4 Å². The number of amides is 2. The average molecular weight is 385 g/mol. The normalized spacial score (nSPS) is 15.0. The first-order valence-electron chi connectivity index (χ1n) is 10.2. The van der Waals surface area contributed by atoms with Crippen LogP contribution in [0.15, 0.2) is 36.5 Å². The zero-order valence-corrected chi connectivity index (χ0v) is 17.1. The SMILES string of the molecule is COCCn1c(C)cnc1CC1CCN(C(=O)NCCc2ccccc2)CC1. The number of carbonyl (C=O) groups excluding carboxylic acids is 1. The van der Waals surface area contributed by atoms with Crippen LogP contribution in [0.1, 0.15) is 29.9 Å². The van der Waals surface area contributed by atoms with E-state index in [-0.39, 0.29) is 6.03 Å². The number of hydrogen-bond donors (Lipinski definition) is 1. The number of rotatable bonds is 8. The van der Waals surface area contributed by atoms with Gasteiger partial charge in [0.1, 0.15) is 5.82 Å². The van der Waals surface area contributed by atoms with Gasteiger partial charge in [-0.05, 0) is 37.7 Å². The van der Waals surface area contributed by atoms with Crippen LogP contribution in [0.3, 0.4) is 0 Å². The molecule has 1 aliphatic rings. The summed E-state index contributed by atoms with van der Waals surface area (Å²) >= 11 is 0. The molecule has 3 rings (SSSR count). The molecule has 0 atom stereocenters. The van der Waals surface area contributed by atoms with Gasteiger partial charge in [0.25, 0.3) is 0 Å². The first kappa shape index (κ1) is 20.4. The molecule has 2 heterocycles. The number of piperidine rings is 1. The predicted octanol–water partition coefficient (Wildman–Crippen LogP) is 3.04. The van der Waals surface area contributed by atoms with Gasteiger partial charge < -0.3 is 19.5 Å². The Kier molecular flexibility index (Phi) is 7.48. The lowest BCUT2D eigenvalue weighted by atomic mass is 9.93. The Bertz CT molecular complexity index is 736. The van der Waals surface area contributed by atoms with Gasteiger partial charge in [-0.1, -0.05) is 30.3 Å². The van der Waals surface area contributed by atoms with Crippen LogP contribution in [0.4, 0.5) is 4.79 Å². The van der Waals surface area contributed by atoms with Crippen molar-refractivity contribution in [3.05, 3.63) is 53.6 Å². The number of methoxy groups -OCH3 is 1. The maximum atomic E-state index is 12.4.